The summed E-state index contributed by atoms with van der Waals surface area (Å²) >= 11 is 0. The maximum Gasteiger partial charge on any atom is 0.353 e. The number of aromatic hydroxyl groups is 1. The van der Waals surface area contributed by atoms with Crippen molar-refractivity contribution in [3.8, 4) is 5.75 Å². The van der Waals surface area contributed by atoms with E-state index in [-0.39, 0.29) is 36.6 Å². The van der Waals surface area contributed by atoms with E-state index in [1.807, 2.05) is 0 Å². The molecule has 0 unspecified atom stereocenters. The first-order chi connectivity index (χ1) is 20.0. The van der Waals surface area contributed by atoms with Gasteiger partial charge < -0.3 is 30.3 Å². The minimum atomic E-state index is -1.98. The summed E-state index contributed by atoms with van der Waals surface area (Å²) in [5.41, 5.74) is -4.61. The van der Waals surface area contributed by atoms with Gasteiger partial charge in [0.05, 0.1) is 6.42 Å². The van der Waals surface area contributed by atoms with Gasteiger partial charge in [0.1, 0.15) is 22.6 Å². The number of phenolic OH excluding ortho intramolecular Hbond substituents is 1. The lowest BCUT2D eigenvalue weighted by Gasteiger charge is -2.53. The number of carbonyl (C=O) groups excluding carboxylic acids is 3. The SMILES string of the molecule is CC(C)(C)OC(=O)C(CCCCNC(=O)Cc1ccc(O)cc1)=NC(=O)N(C(C)(C)C)[C@@](CCC(=O)O)(C(=O)O)C(C)(C)C. The average molecular weight is 620 g/mol. The van der Waals surface area contributed by atoms with Crippen molar-refractivity contribution in [2.75, 3.05) is 6.54 Å². The molecule has 1 aromatic carbocycles. The number of unbranched alkanes of at least 4 members (excludes halogenated alkanes) is 1. The van der Waals surface area contributed by atoms with Gasteiger partial charge in [-0.3, -0.25) is 9.59 Å². The molecule has 4 N–H and O–H groups in total. The van der Waals surface area contributed by atoms with Crippen LogP contribution in [0.25, 0.3) is 0 Å². The molecule has 0 aliphatic rings. The third-order valence-electron chi connectivity index (χ3n) is 6.87. The van der Waals surface area contributed by atoms with Gasteiger partial charge in [-0.05, 0) is 90.3 Å². The molecular weight excluding hydrogens is 570 g/mol. The molecule has 246 valence electrons. The summed E-state index contributed by atoms with van der Waals surface area (Å²) in [6.45, 7) is 15.0. The molecule has 1 atom stereocenters. The van der Waals surface area contributed by atoms with Crippen molar-refractivity contribution in [3.05, 3.63) is 29.8 Å². The molecule has 0 saturated carbocycles. The number of nitrogens with zero attached hydrogens (tertiary/aromatic N) is 2. The first kappa shape index (κ1) is 38.1. The third kappa shape index (κ3) is 11.3. The second-order valence-electron chi connectivity index (χ2n) is 13.8. The third-order valence-corrected chi connectivity index (χ3v) is 6.87. The van der Waals surface area contributed by atoms with Gasteiger partial charge in [-0.25, -0.2) is 14.4 Å². The number of benzene rings is 1. The molecule has 3 amide bonds. The highest BCUT2D eigenvalue weighted by atomic mass is 16.6. The Hall–Kier alpha value is -3.96. The molecule has 0 radical (unpaired) electrons. The fraction of sp³-hybridized carbons (Fsp3) is 0.625. The molecule has 1 rings (SSSR count). The second-order valence-corrected chi connectivity index (χ2v) is 13.8. The van der Waals surface area contributed by atoms with Gasteiger partial charge in [0.25, 0.3) is 0 Å². The van der Waals surface area contributed by atoms with Crippen LogP contribution in [-0.2, 0) is 30.3 Å². The van der Waals surface area contributed by atoms with Gasteiger partial charge in [0, 0.05) is 18.5 Å². The summed E-state index contributed by atoms with van der Waals surface area (Å²) < 4.78 is 5.49. The Morgan fingerprint density at radius 2 is 1.43 bits per heavy atom. The zero-order valence-electron chi connectivity index (χ0n) is 27.4. The summed E-state index contributed by atoms with van der Waals surface area (Å²) in [6, 6.07) is 5.29. The molecule has 1 aromatic rings. The van der Waals surface area contributed by atoms with E-state index >= 15 is 0 Å². The summed E-state index contributed by atoms with van der Waals surface area (Å²) in [7, 11) is 0. The van der Waals surface area contributed by atoms with Crippen molar-refractivity contribution >= 4 is 35.6 Å². The number of esters is 1. The number of hydrogen-bond acceptors (Lipinski definition) is 7. The highest BCUT2D eigenvalue weighted by Crippen LogP contribution is 2.44. The normalized spacial score (nSPS) is 13.9. The molecule has 0 bridgehead atoms. The van der Waals surface area contributed by atoms with E-state index in [2.05, 4.69) is 10.3 Å². The topological polar surface area (TPSA) is 183 Å². The standard InChI is InChI=1S/C32H49N3O9/c1-29(2,3)32(27(41)42,18-17-25(38)39)35(30(4,5)6)28(43)34-23(26(40)44-31(7,8)9)12-10-11-19-33-24(37)20-21-13-15-22(36)16-14-21/h13-16,36H,10-12,17-20H2,1-9H3,(H,33,37)(H,38,39)(H,41,42)/t32-/m0/s1. The van der Waals surface area contributed by atoms with E-state index in [0.717, 1.165) is 10.5 Å². The number of aliphatic imine (C=N–C) groups is 1. The first-order valence-corrected chi connectivity index (χ1v) is 14.7. The molecule has 44 heavy (non-hydrogen) atoms. The van der Waals surface area contributed by atoms with Crippen molar-refractivity contribution in [2.45, 2.75) is 118 Å². The van der Waals surface area contributed by atoms with Crippen LogP contribution in [0.1, 0.15) is 100.0 Å². The predicted octanol–water partition coefficient (Wildman–Crippen LogP) is 4.96. The number of rotatable bonds is 13. The highest BCUT2D eigenvalue weighted by Gasteiger charge is 2.58. The molecule has 0 spiro atoms. The predicted molar refractivity (Wildman–Crippen MR) is 166 cm³/mol. The van der Waals surface area contributed by atoms with Crippen molar-refractivity contribution in [1.82, 2.24) is 10.2 Å². The Bertz CT molecular complexity index is 1220. The molecule has 0 fully saturated rings. The maximum absolute atomic E-state index is 13.9. The Kier molecular flexibility index (Phi) is 13.1. The zero-order chi connectivity index (χ0) is 34.1. The van der Waals surface area contributed by atoms with Crippen LogP contribution in [0.4, 0.5) is 4.79 Å². The fourth-order valence-corrected chi connectivity index (χ4v) is 4.87. The van der Waals surface area contributed by atoms with Gasteiger partial charge >= 0.3 is 23.9 Å². The van der Waals surface area contributed by atoms with E-state index in [0.29, 0.717) is 19.4 Å². The highest BCUT2D eigenvalue weighted by molar-refractivity contribution is 6.38. The van der Waals surface area contributed by atoms with Crippen LogP contribution in [0.3, 0.4) is 0 Å². The Balaban J connectivity index is 3.30. The lowest BCUT2D eigenvalue weighted by atomic mass is 9.68. The largest absolute Gasteiger partial charge is 0.508 e. The number of phenols is 1. The Labute approximate surface area is 259 Å². The summed E-state index contributed by atoms with van der Waals surface area (Å²) in [5, 5.41) is 32.1. The lowest BCUT2D eigenvalue weighted by Crippen LogP contribution is -2.68. The summed E-state index contributed by atoms with van der Waals surface area (Å²) in [5.74, 6) is -3.55. The van der Waals surface area contributed by atoms with Crippen molar-refractivity contribution in [3.63, 3.8) is 0 Å². The van der Waals surface area contributed by atoms with Crippen LogP contribution in [0.15, 0.2) is 29.3 Å². The van der Waals surface area contributed by atoms with Gasteiger partial charge in [-0.1, -0.05) is 32.9 Å². The quantitative estimate of drug-likeness (QED) is 0.135. The average Bonchev–Trinajstić information content (AvgIpc) is 2.83. The molecule has 0 saturated heterocycles. The van der Waals surface area contributed by atoms with Crippen LogP contribution in [-0.4, -0.2) is 79.0 Å². The number of ether oxygens (including phenoxy) is 1. The van der Waals surface area contributed by atoms with Crippen LogP contribution in [0, 0.1) is 5.41 Å². The van der Waals surface area contributed by atoms with E-state index in [1.165, 1.54) is 12.1 Å². The monoisotopic (exact) mass is 619 g/mol. The molecular formula is C32H49N3O9. The number of hydrogen-bond donors (Lipinski definition) is 4. The van der Waals surface area contributed by atoms with Crippen LogP contribution < -0.4 is 5.32 Å². The number of carboxylic acids is 2. The number of carbonyl (C=O) groups is 5. The van der Waals surface area contributed by atoms with Crippen molar-refractivity contribution < 1.29 is 44.0 Å². The molecule has 0 aliphatic carbocycles. The van der Waals surface area contributed by atoms with Gasteiger partial charge in [0.2, 0.25) is 5.91 Å². The number of nitrogens with one attached hydrogen (secondary N) is 1. The van der Waals surface area contributed by atoms with Crippen LogP contribution in [0.2, 0.25) is 0 Å². The maximum atomic E-state index is 13.9. The number of urea groups is 1. The lowest BCUT2D eigenvalue weighted by molar-refractivity contribution is -0.164. The van der Waals surface area contributed by atoms with Crippen LogP contribution >= 0.6 is 0 Å². The van der Waals surface area contributed by atoms with Crippen molar-refractivity contribution in [1.29, 1.82) is 0 Å². The summed E-state index contributed by atoms with van der Waals surface area (Å²) in [4.78, 5) is 69.0. The Morgan fingerprint density at radius 3 is 1.89 bits per heavy atom. The number of amides is 3. The van der Waals surface area contributed by atoms with Gasteiger partial charge in [-0.15, -0.1) is 0 Å². The van der Waals surface area contributed by atoms with Gasteiger partial charge in [-0.2, -0.15) is 4.99 Å². The van der Waals surface area contributed by atoms with E-state index in [1.54, 1.807) is 74.4 Å². The molecule has 12 heteroatoms. The zero-order valence-corrected chi connectivity index (χ0v) is 27.4. The first-order valence-electron chi connectivity index (χ1n) is 14.7. The smallest absolute Gasteiger partial charge is 0.353 e. The minimum absolute atomic E-state index is 0.0111. The van der Waals surface area contributed by atoms with Crippen LogP contribution in [0.5, 0.6) is 5.75 Å². The number of carboxylic acid groups (broad SMARTS) is 2. The fourth-order valence-electron chi connectivity index (χ4n) is 4.87. The molecule has 0 aromatic heterocycles. The molecule has 0 aliphatic heterocycles. The van der Waals surface area contributed by atoms with E-state index < -0.39 is 52.5 Å². The van der Waals surface area contributed by atoms with Gasteiger partial charge in [0.15, 0.2) is 0 Å². The van der Waals surface area contributed by atoms with Crippen molar-refractivity contribution in [2.24, 2.45) is 10.4 Å². The second kappa shape index (κ2) is 15.2. The summed E-state index contributed by atoms with van der Waals surface area (Å²) in [6.07, 6.45) is 0.0404. The van der Waals surface area contributed by atoms with E-state index in [9.17, 15) is 39.3 Å². The van der Waals surface area contributed by atoms with E-state index in [4.69, 9.17) is 4.74 Å². The molecule has 0 heterocycles. The number of aliphatic carboxylic acids is 2. The molecule has 12 nitrogen and oxygen atoms in total. The minimum Gasteiger partial charge on any atom is -0.508 e. The Morgan fingerprint density at radius 1 is 0.864 bits per heavy atom.